The number of pyridine rings is 1. The van der Waals surface area contributed by atoms with Crippen molar-refractivity contribution in [2.24, 2.45) is 11.8 Å². The Morgan fingerprint density at radius 1 is 0.974 bits per heavy atom. The third-order valence-electron chi connectivity index (χ3n) is 8.10. The van der Waals surface area contributed by atoms with Crippen LogP contribution in [-0.2, 0) is 17.6 Å². The van der Waals surface area contributed by atoms with Crippen molar-refractivity contribution in [2.75, 3.05) is 44.7 Å². The van der Waals surface area contributed by atoms with Crippen LogP contribution in [0.5, 0.6) is 5.75 Å². The van der Waals surface area contributed by atoms with Gasteiger partial charge in [0.2, 0.25) is 5.91 Å². The number of ether oxygens (including phenoxy) is 1. The quantitative estimate of drug-likeness (QED) is 0.423. The standard InChI is InChI=1S/C32H38N4O3/c1-22-13-15-33-23(2)31(22)32(38)36-20-26-18-35(19-27(26)21-36)28-8-4-6-24(16-28)7-5-14-34-30(37)17-25-9-11-29(39-3)12-10-25/h4,6,8-13,15-16,26-27H,5,7,14,17-21H2,1-3H3,(H,34,37). The Hall–Kier alpha value is -3.87. The van der Waals surface area contributed by atoms with Crippen LogP contribution in [0.15, 0.2) is 60.8 Å². The fraction of sp³-hybridized carbons (Fsp3) is 0.406. The van der Waals surface area contributed by atoms with Crippen LogP contribution >= 0.6 is 0 Å². The summed E-state index contributed by atoms with van der Waals surface area (Å²) in [5, 5.41) is 3.04. The zero-order chi connectivity index (χ0) is 27.4. The van der Waals surface area contributed by atoms with Gasteiger partial charge in [-0.3, -0.25) is 14.6 Å². The molecule has 2 fully saturated rings. The largest absolute Gasteiger partial charge is 0.497 e. The van der Waals surface area contributed by atoms with Crippen molar-refractivity contribution in [1.82, 2.24) is 15.2 Å². The Labute approximate surface area is 231 Å². The van der Waals surface area contributed by atoms with Crippen LogP contribution in [0, 0.1) is 25.7 Å². The summed E-state index contributed by atoms with van der Waals surface area (Å²) in [7, 11) is 1.64. The first-order chi connectivity index (χ1) is 18.9. The molecule has 0 saturated carbocycles. The third-order valence-corrected chi connectivity index (χ3v) is 8.10. The zero-order valence-corrected chi connectivity index (χ0v) is 23.2. The van der Waals surface area contributed by atoms with Gasteiger partial charge < -0.3 is 19.9 Å². The number of nitrogens with one attached hydrogen (secondary N) is 1. The zero-order valence-electron chi connectivity index (χ0n) is 23.2. The average Bonchev–Trinajstić information content (AvgIpc) is 3.52. The van der Waals surface area contributed by atoms with Crippen molar-refractivity contribution in [3.05, 3.63) is 88.7 Å². The lowest BCUT2D eigenvalue weighted by atomic mass is 10.0. The van der Waals surface area contributed by atoms with E-state index in [-0.39, 0.29) is 11.8 Å². The number of benzene rings is 2. The molecule has 2 saturated heterocycles. The highest BCUT2D eigenvalue weighted by atomic mass is 16.5. The molecule has 3 aromatic rings. The number of carbonyl (C=O) groups excluding carboxylic acids is 2. The van der Waals surface area contributed by atoms with E-state index in [1.54, 1.807) is 13.3 Å². The van der Waals surface area contributed by atoms with E-state index in [0.717, 1.165) is 67.2 Å². The summed E-state index contributed by atoms with van der Waals surface area (Å²) >= 11 is 0. The fourth-order valence-corrected chi connectivity index (χ4v) is 5.97. The summed E-state index contributed by atoms with van der Waals surface area (Å²) in [6, 6.07) is 18.3. The monoisotopic (exact) mass is 526 g/mol. The van der Waals surface area contributed by atoms with Crippen LogP contribution < -0.4 is 15.0 Å². The molecular weight excluding hydrogens is 488 g/mol. The second-order valence-corrected chi connectivity index (χ2v) is 10.9. The van der Waals surface area contributed by atoms with E-state index in [4.69, 9.17) is 4.74 Å². The minimum atomic E-state index is 0.0406. The van der Waals surface area contributed by atoms with Crippen molar-refractivity contribution in [1.29, 1.82) is 0 Å². The van der Waals surface area contributed by atoms with Crippen molar-refractivity contribution in [3.63, 3.8) is 0 Å². The molecule has 3 heterocycles. The average molecular weight is 527 g/mol. The van der Waals surface area contributed by atoms with Gasteiger partial charge in [-0.1, -0.05) is 24.3 Å². The van der Waals surface area contributed by atoms with Gasteiger partial charge in [-0.2, -0.15) is 0 Å². The van der Waals surface area contributed by atoms with Gasteiger partial charge in [0.25, 0.3) is 5.91 Å². The van der Waals surface area contributed by atoms with Gasteiger partial charge >= 0.3 is 0 Å². The second-order valence-electron chi connectivity index (χ2n) is 10.9. The summed E-state index contributed by atoms with van der Waals surface area (Å²) in [4.78, 5) is 34.4. The first-order valence-corrected chi connectivity index (χ1v) is 13.9. The molecule has 2 amide bonds. The van der Waals surface area contributed by atoms with E-state index < -0.39 is 0 Å². The lowest BCUT2D eigenvalue weighted by Crippen LogP contribution is -2.34. The van der Waals surface area contributed by atoms with Gasteiger partial charge in [0.1, 0.15) is 5.75 Å². The molecule has 39 heavy (non-hydrogen) atoms. The van der Waals surface area contributed by atoms with Gasteiger partial charge in [-0.15, -0.1) is 0 Å². The molecule has 2 aromatic carbocycles. The van der Waals surface area contributed by atoms with Gasteiger partial charge in [0.05, 0.1) is 24.8 Å². The van der Waals surface area contributed by atoms with Gasteiger partial charge in [-0.25, -0.2) is 0 Å². The number of methoxy groups -OCH3 is 1. The number of amides is 2. The maximum atomic E-state index is 13.2. The van der Waals surface area contributed by atoms with E-state index in [2.05, 4.69) is 39.5 Å². The molecule has 2 aliphatic rings. The predicted octanol–water partition coefficient (Wildman–Crippen LogP) is 4.21. The van der Waals surface area contributed by atoms with Gasteiger partial charge in [-0.05, 0) is 73.7 Å². The minimum Gasteiger partial charge on any atom is -0.497 e. The molecule has 0 radical (unpaired) electrons. The summed E-state index contributed by atoms with van der Waals surface area (Å²) < 4.78 is 5.17. The van der Waals surface area contributed by atoms with Crippen LogP contribution in [0.4, 0.5) is 5.69 Å². The first-order valence-electron chi connectivity index (χ1n) is 13.9. The number of anilines is 1. The molecule has 1 N–H and O–H groups in total. The Kier molecular flexibility index (Phi) is 8.15. The number of hydrogen-bond acceptors (Lipinski definition) is 5. The van der Waals surface area contributed by atoms with Gasteiger partial charge in [0.15, 0.2) is 0 Å². The summed E-state index contributed by atoms with van der Waals surface area (Å²) in [6.45, 7) is 8.14. The van der Waals surface area contributed by atoms with Crippen LogP contribution in [0.2, 0.25) is 0 Å². The molecule has 7 heteroatoms. The molecule has 0 spiro atoms. The highest BCUT2D eigenvalue weighted by molar-refractivity contribution is 5.96. The van der Waals surface area contributed by atoms with Crippen LogP contribution in [0.3, 0.4) is 0 Å². The van der Waals surface area contributed by atoms with E-state index in [9.17, 15) is 9.59 Å². The van der Waals surface area contributed by atoms with Crippen molar-refractivity contribution in [3.8, 4) is 5.75 Å². The topological polar surface area (TPSA) is 74.8 Å². The summed E-state index contributed by atoms with van der Waals surface area (Å²) in [6.07, 6.45) is 3.96. The third kappa shape index (κ3) is 6.24. The molecule has 1 aromatic heterocycles. The number of rotatable bonds is 9. The van der Waals surface area contributed by atoms with E-state index in [1.165, 1.54) is 11.3 Å². The normalized spacial score (nSPS) is 18.2. The second kappa shape index (κ2) is 11.9. The highest BCUT2D eigenvalue weighted by Crippen LogP contribution is 2.35. The summed E-state index contributed by atoms with van der Waals surface area (Å²) in [5.74, 6) is 1.95. The van der Waals surface area contributed by atoms with E-state index in [1.807, 2.05) is 49.1 Å². The molecule has 0 bridgehead atoms. The number of nitrogens with zero attached hydrogens (tertiary/aromatic N) is 3. The Morgan fingerprint density at radius 3 is 2.41 bits per heavy atom. The van der Waals surface area contributed by atoms with Crippen molar-refractivity contribution >= 4 is 17.5 Å². The molecule has 7 nitrogen and oxygen atoms in total. The fourth-order valence-electron chi connectivity index (χ4n) is 5.97. The van der Waals surface area contributed by atoms with E-state index in [0.29, 0.717) is 24.8 Å². The van der Waals surface area contributed by atoms with Crippen LogP contribution in [-0.4, -0.2) is 61.5 Å². The van der Waals surface area contributed by atoms with Crippen molar-refractivity contribution in [2.45, 2.75) is 33.1 Å². The Morgan fingerprint density at radius 2 is 1.72 bits per heavy atom. The lowest BCUT2D eigenvalue weighted by Gasteiger charge is -2.24. The number of likely N-dealkylation sites (tertiary alicyclic amines) is 1. The number of aryl methyl sites for hydroxylation is 3. The van der Waals surface area contributed by atoms with Crippen LogP contribution in [0.25, 0.3) is 0 Å². The maximum Gasteiger partial charge on any atom is 0.255 e. The first kappa shape index (κ1) is 26.7. The molecule has 0 aliphatic carbocycles. The lowest BCUT2D eigenvalue weighted by molar-refractivity contribution is -0.120. The molecule has 2 aliphatic heterocycles. The summed E-state index contributed by atoms with van der Waals surface area (Å²) in [5.41, 5.74) is 6.09. The maximum absolute atomic E-state index is 13.2. The molecule has 5 rings (SSSR count). The van der Waals surface area contributed by atoms with Crippen molar-refractivity contribution < 1.29 is 14.3 Å². The highest BCUT2D eigenvalue weighted by Gasteiger charge is 2.42. The Balaban J connectivity index is 1.08. The van der Waals surface area contributed by atoms with Gasteiger partial charge in [0, 0.05) is 56.4 Å². The number of carbonyl (C=O) groups is 2. The Bertz CT molecular complexity index is 1290. The molecular formula is C32H38N4O3. The molecule has 204 valence electrons. The number of aromatic nitrogens is 1. The molecule has 2 atom stereocenters. The number of hydrogen-bond donors (Lipinski definition) is 1. The smallest absolute Gasteiger partial charge is 0.255 e. The SMILES string of the molecule is COc1ccc(CC(=O)NCCCc2cccc(N3CC4CN(C(=O)c5c(C)ccnc5C)CC4C3)c2)cc1. The molecule has 2 unspecified atom stereocenters. The number of fused-ring (bicyclic) bond motifs is 1. The van der Waals surface area contributed by atoms with E-state index >= 15 is 0 Å². The van der Waals surface area contributed by atoms with Crippen LogP contribution in [0.1, 0.15) is 39.2 Å². The minimum absolute atomic E-state index is 0.0406. The predicted molar refractivity (Wildman–Crippen MR) is 153 cm³/mol.